The van der Waals surface area contributed by atoms with Gasteiger partial charge in [-0.2, -0.15) is 10.4 Å². The van der Waals surface area contributed by atoms with Gasteiger partial charge in [0.05, 0.1) is 17.8 Å². The average Bonchev–Trinajstić information content (AvgIpc) is 2.99. The first-order chi connectivity index (χ1) is 10.7. The van der Waals surface area contributed by atoms with Crippen molar-refractivity contribution in [3.05, 3.63) is 42.0 Å². The molecule has 1 aromatic heterocycles. The van der Waals surface area contributed by atoms with Crippen molar-refractivity contribution in [1.29, 1.82) is 5.26 Å². The summed E-state index contributed by atoms with van der Waals surface area (Å²) < 4.78 is 15.3. The molecule has 22 heavy (non-hydrogen) atoms. The second-order valence-electron chi connectivity index (χ2n) is 5.56. The lowest BCUT2D eigenvalue weighted by Crippen LogP contribution is -1.97. The van der Waals surface area contributed by atoms with Gasteiger partial charge in [0, 0.05) is 23.9 Å². The third-order valence-electron chi connectivity index (χ3n) is 3.79. The number of hydrogen-bond donors (Lipinski definition) is 0. The highest BCUT2D eigenvalue weighted by atomic mass is 19.1. The quantitative estimate of drug-likeness (QED) is 0.649. The molecule has 1 aromatic carbocycles. The Bertz CT molecular complexity index is 640. The smallest absolute Gasteiger partial charge is 0.123 e. The highest BCUT2D eigenvalue weighted by molar-refractivity contribution is 5.69. The maximum atomic E-state index is 13.4. The van der Waals surface area contributed by atoms with Crippen molar-refractivity contribution >= 4 is 0 Å². The molecule has 116 valence electrons. The highest BCUT2D eigenvalue weighted by Gasteiger charge is 2.08. The van der Waals surface area contributed by atoms with Crippen molar-refractivity contribution in [2.24, 2.45) is 0 Å². The zero-order valence-corrected chi connectivity index (χ0v) is 13.1. The zero-order valence-electron chi connectivity index (χ0n) is 13.1. The van der Waals surface area contributed by atoms with Crippen LogP contribution in [0.4, 0.5) is 4.39 Å². The first-order valence-corrected chi connectivity index (χ1v) is 7.97. The van der Waals surface area contributed by atoms with Gasteiger partial charge in [0.2, 0.25) is 0 Å². The van der Waals surface area contributed by atoms with Crippen LogP contribution in [0.2, 0.25) is 0 Å². The molecule has 0 radical (unpaired) electrons. The van der Waals surface area contributed by atoms with Gasteiger partial charge in [-0.3, -0.25) is 4.68 Å². The number of nitrogens with zero attached hydrogens (tertiary/aromatic N) is 3. The summed E-state index contributed by atoms with van der Waals surface area (Å²) in [6, 6.07) is 6.31. The fraction of sp³-hybridized carbons (Fsp3) is 0.444. The van der Waals surface area contributed by atoms with Crippen LogP contribution in [0.15, 0.2) is 30.6 Å². The standard InChI is InChI=1S/C18H22FN3/c1-2-3-4-5-6-7-10-22-14-16(13-21-22)18-11-17(19)9-8-15(18)12-20/h8-9,11,13-14H,2-7,10H2,1H3. The molecule has 0 spiro atoms. The molecule has 0 saturated carbocycles. The monoisotopic (exact) mass is 299 g/mol. The Labute approximate surface area is 131 Å². The molecular weight excluding hydrogens is 277 g/mol. The maximum absolute atomic E-state index is 13.4. The van der Waals surface area contributed by atoms with E-state index in [4.69, 9.17) is 5.26 Å². The first-order valence-electron chi connectivity index (χ1n) is 7.97. The number of rotatable bonds is 8. The number of halogens is 1. The van der Waals surface area contributed by atoms with E-state index in [1.165, 1.54) is 50.3 Å². The van der Waals surface area contributed by atoms with Crippen LogP contribution in [0.1, 0.15) is 51.0 Å². The number of aryl methyl sites for hydroxylation is 1. The minimum Gasteiger partial charge on any atom is -0.272 e. The summed E-state index contributed by atoms with van der Waals surface area (Å²) in [5.74, 6) is -0.335. The topological polar surface area (TPSA) is 41.6 Å². The van der Waals surface area contributed by atoms with E-state index in [1.54, 1.807) is 6.20 Å². The molecule has 0 aliphatic heterocycles. The van der Waals surface area contributed by atoms with Gasteiger partial charge in [0.15, 0.2) is 0 Å². The van der Waals surface area contributed by atoms with Crippen molar-refractivity contribution < 1.29 is 4.39 Å². The average molecular weight is 299 g/mol. The molecule has 0 bridgehead atoms. The molecular formula is C18H22FN3. The van der Waals surface area contributed by atoms with E-state index in [9.17, 15) is 4.39 Å². The second kappa shape index (κ2) is 8.33. The lowest BCUT2D eigenvalue weighted by molar-refractivity contribution is 0.527. The van der Waals surface area contributed by atoms with E-state index < -0.39 is 0 Å². The van der Waals surface area contributed by atoms with Gasteiger partial charge >= 0.3 is 0 Å². The number of benzene rings is 1. The van der Waals surface area contributed by atoms with E-state index in [-0.39, 0.29) is 5.82 Å². The molecule has 0 atom stereocenters. The Kier molecular flexibility index (Phi) is 6.14. The van der Waals surface area contributed by atoms with Gasteiger partial charge in [-0.15, -0.1) is 0 Å². The molecule has 4 heteroatoms. The fourth-order valence-corrected chi connectivity index (χ4v) is 2.53. The largest absolute Gasteiger partial charge is 0.272 e. The van der Waals surface area contributed by atoms with Crippen molar-refractivity contribution in [1.82, 2.24) is 9.78 Å². The highest BCUT2D eigenvalue weighted by Crippen LogP contribution is 2.24. The summed E-state index contributed by atoms with van der Waals surface area (Å²) in [6.45, 7) is 3.08. The second-order valence-corrected chi connectivity index (χ2v) is 5.56. The van der Waals surface area contributed by atoms with E-state index in [0.29, 0.717) is 11.1 Å². The molecule has 0 amide bonds. The number of nitriles is 1. The minimum absolute atomic E-state index is 0.335. The van der Waals surface area contributed by atoms with Crippen LogP contribution in [-0.4, -0.2) is 9.78 Å². The summed E-state index contributed by atoms with van der Waals surface area (Å²) in [5, 5.41) is 13.4. The Morgan fingerprint density at radius 2 is 1.95 bits per heavy atom. The van der Waals surface area contributed by atoms with Crippen LogP contribution in [0, 0.1) is 17.1 Å². The summed E-state index contributed by atoms with van der Waals surface area (Å²) in [6.07, 6.45) is 11.0. The fourth-order valence-electron chi connectivity index (χ4n) is 2.53. The summed E-state index contributed by atoms with van der Waals surface area (Å²) in [7, 11) is 0. The van der Waals surface area contributed by atoms with Crippen LogP contribution in [0.25, 0.3) is 11.1 Å². The Balaban J connectivity index is 1.94. The summed E-state index contributed by atoms with van der Waals surface area (Å²) >= 11 is 0. The van der Waals surface area contributed by atoms with Crippen molar-refractivity contribution in [3.63, 3.8) is 0 Å². The molecule has 2 aromatic rings. The Morgan fingerprint density at radius 3 is 2.73 bits per heavy atom. The van der Waals surface area contributed by atoms with Gasteiger partial charge < -0.3 is 0 Å². The van der Waals surface area contributed by atoms with Gasteiger partial charge in [0.25, 0.3) is 0 Å². The molecule has 0 saturated heterocycles. The van der Waals surface area contributed by atoms with Gasteiger partial charge in [0.1, 0.15) is 5.82 Å². The molecule has 0 aliphatic carbocycles. The normalized spacial score (nSPS) is 10.6. The summed E-state index contributed by atoms with van der Waals surface area (Å²) in [4.78, 5) is 0. The van der Waals surface area contributed by atoms with Crippen molar-refractivity contribution in [2.45, 2.75) is 52.0 Å². The number of aromatic nitrogens is 2. The molecule has 1 heterocycles. The van der Waals surface area contributed by atoms with Crippen LogP contribution in [-0.2, 0) is 6.54 Å². The molecule has 2 rings (SSSR count). The third-order valence-corrected chi connectivity index (χ3v) is 3.79. The predicted octanol–water partition coefficient (Wildman–Crippen LogP) is 4.92. The molecule has 0 fully saturated rings. The van der Waals surface area contributed by atoms with Crippen LogP contribution in [0.5, 0.6) is 0 Å². The van der Waals surface area contributed by atoms with Crippen LogP contribution in [0.3, 0.4) is 0 Å². The van der Waals surface area contributed by atoms with Gasteiger partial charge in [-0.05, 0) is 24.6 Å². The molecule has 0 aliphatic rings. The predicted molar refractivity (Wildman–Crippen MR) is 85.7 cm³/mol. The third kappa shape index (κ3) is 4.42. The number of hydrogen-bond acceptors (Lipinski definition) is 2. The molecule has 3 nitrogen and oxygen atoms in total. The molecule has 0 N–H and O–H groups in total. The van der Waals surface area contributed by atoms with Crippen molar-refractivity contribution in [2.75, 3.05) is 0 Å². The van der Waals surface area contributed by atoms with E-state index in [1.807, 2.05) is 10.9 Å². The summed E-state index contributed by atoms with van der Waals surface area (Å²) in [5.41, 5.74) is 1.87. The van der Waals surface area contributed by atoms with E-state index in [0.717, 1.165) is 18.5 Å². The van der Waals surface area contributed by atoms with E-state index in [2.05, 4.69) is 18.1 Å². The van der Waals surface area contributed by atoms with Crippen LogP contribution < -0.4 is 0 Å². The lowest BCUT2D eigenvalue weighted by Gasteiger charge is -2.02. The Morgan fingerprint density at radius 1 is 1.18 bits per heavy atom. The first kappa shape index (κ1) is 16.2. The maximum Gasteiger partial charge on any atom is 0.123 e. The number of unbranched alkanes of at least 4 members (excludes halogenated alkanes) is 5. The van der Waals surface area contributed by atoms with Crippen molar-refractivity contribution in [3.8, 4) is 17.2 Å². The lowest BCUT2D eigenvalue weighted by atomic mass is 10.0. The van der Waals surface area contributed by atoms with Gasteiger partial charge in [-0.25, -0.2) is 4.39 Å². The molecule has 0 unspecified atom stereocenters. The zero-order chi connectivity index (χ0) is 15.8. The van der Waals surface area contributed by atoms with E-state index >= 15 is 0 Å². The SMILES string of the molecule is CCCCCCCCn1cc(-c2cc(F)ccc2C#N)cn1. The van der Waals surface area contributed by atoms with Gasteiger partial charge in [-0.1, -0.05) is 39.0 Å². The van der Waals surface area contributed by atoms with Crippen LogP contribution >= 0.6 is 0 Å². The Hall–Kier alpha value is -2.15. The minimum atomic E-state index is -0.335.